The molecule has 3 aromatic carbocycles. The molecule has 1 fully saturated rings. The summed E-state index contributed by atoms with van der Waals surface area (Å²) in [4.78, 5) is 43.3. The normalized spacial score (nSPS) is 29.5. The highest BCUT2D eigenvalue weighted by Gasteiger charge is 2.50. The third kappa shape index (κ3) is 10.6. The van der Waals surface area contributed by atoms with E-state index in [1.165, 1.54) is 59.4 Å². The summed E-state index contributed by atoms with van der Waals surface area (Å²) in [6.45, 7) is 15.7. The Hall–Kier alpha value is -6.14. The Morgan fingerprint density at radius 3 is 2.37 bits per heavy atom. The Morgan fingerprint density at radius 2 is 1.68 bits per heavy atom. The number of hydrogen-bond donors (Lipinski definition) is 6. The molecule has 9 unspecified atom stereocenters. The van der Waals surface area contributed by atoms with E-state index in [9.17, 15) is 39.9 Å². The first kappa shape index (κ1) is 51.3. The van der Waals surface area contributed by atoms with Gasteiger partial charge in [0.2, 0.25) is 0 Å². The number of ether oxygens (including phenoxy) is 5. The number of carbonyl (C=O) groups is 3. The van der Waals surface area contributed by atoms with E-state index >= 15 is 0 Å². The maximum Gasteiger partial charge on any atom is 0.312 e. The van der Waals surface area contributed by atoms with Crippen molar-refractivity contribution in [2.24, 2.45) is 28.8 Å². The number of hydrogen-bond acceptors (Lipinski definition) is 16. The summed E-state index contributed by atoms with van der Waals surface area (Å²) in [5.74, 6) is -7.72. The van der Waals surface area contributed by atoms with E-state index in [1.54, 1.807) is 47.0 Å². The van der Waals surface area contributed by atoms with Crippen molar-refractivity contribution in [1.29, 1.82) is 0 Å². The molecule has 4 aliphatic heterocycles. The molecule has 6 N–H and O–H groups in total. The lowest BCUT2D eigenvalue weighted by molar-refractivity contribution is -0.160. The number of benzene rings is 3. The van der Waals surface area contributed by atoms with Crippen molar-refractivity contribution in [3.8, 4) is 28.7 Å². The van der Waals surface area contributed by atoms with Crippen LogP contribution in [-0.2, 0) is 30.3 Å². The molecule has 0 spiro atoms. The molecule has 17 nitrogen and oxygen atoms in total. The minimum Gasteiger partial charge on any atom is -0.507 e. The van der Waals surface area contributed by atoms with Gasteiger partial charge in [-0.3, -0.25) is 24.3 Å². The van der Waals surface area contributed by atoms with E-state index in [2.05, 4.69) is 10.2 Å². The zero-order valence-electron chi connectivity index (χ0n) is 40.5. The van der Waals surface area contributed by atoms with Gasteiger partial charge in [0.15, 0.2) is 5.75 Å². The fraction of sp³-hybridized carbons (Fsp3) is 0.490. The quantitative estimate of drug-likeness (QED) is 0.0661. The van der Waals surface area contributed by atoms with Crippen LogP contribution in [0.2, 0.25) is 0 Å². The number of amides is 1. The van der Waals surface area contributed by atoms with Gasteiger partial charge >= 0.3 is 11.8 Å². The molecule has 0 radical (unpaired) electrons. The van der Waals surface area contributed by atoms with Crippen molar-refractivity contribution >= 4 is 40.3 Å². The minimum atomic E-state index is -2.07. The first-order chi connectivity index (χ1) is 32.2. The first-order valence-corrected chi connectivity index (χ1v) is 22.9. The molecule has 9 atom stereocenters. The lowest BCUT2D eigenvalue weighted by Crippen LogP contribution is -2.46. The second-order valence-electron chi connectivity index (χ2n) is 18.3. The lowest BCUT2D eigenvalue weighted by atomic mass is 9.78. The fourth-order valence-electron chi connectivity index (χ4n) is 9.27. The molecule has 1 saturated heterocycles. The number of rotatable bonds is 7. The average molecular weight is 943 g/mol. The average Bonchev–Trinajstić information content (AvgIpc) is 3.41. The topological polar surface area (TPSA) is 229 Å². The summed E-state index contributed by atoms with van der Waals surface area (Å²) in [5, 5.41) is 67.9. The number of hydrazone groups is 1. The highest BCUT2D eigenvalue weighted by molar-refractivity contribution is 6.23. The number of Topliss-reactive ketones (excluding diaryl/α,β-unsaturated/α-hetero) is 1. The first-order valence-electron chi connectivity index (χ1n) is 22.9. The highest BCUT2D eigenvalue weighted by Crippen LogP contribution is 2.55. The molecule has 68 heavy (non-hydrogen) atoms. The Bertz CT molecular complexity index is 2500. The number of anilines is 1. The third-order valence-corrected chi connectivity index (χ3v) is 13.5. The van der Waals surface area contributed by atoms with Gasteiger partial charge in [0.05, 0.1) is 60.1 Å². The molecule has 7 rings (SSSR count). The van der Waals surface area contributed by atoms with E-state index in [4.69, 9.17) is 28.8 Å². The van der Waals surface area contributed by atoms with Gasteiger partial charge in [-0.1, -0.05) is 58.1 Å². The molecule has 1 amide bonds. The predicted molar refractivity (Wildman–Crippen MR) is 256 cm³/mol. The van der Waals surface area contributed by atoms with Crippen LogP contribution >= 0.6 is 0 Å². The van der Waals surface area contributed by atoms with Gasteiger partial charge in [-0.05, 0) is 44.0 Å². The van der Waals surface area contributed by atoms with Crippen LogP contribution in [0.25, 0.3) is 10.8 Å². The summed E-state index contributed by atoms with van der Waals surface area (Å²) >= 11 is 0. The highest BCUT2D eigenvalue weighted by atomic mass is 16.7. The largest absolute Gasteiger partial charge is 0.507 e. The van der Waals surface area contributed by atoms with Crippen molar-refractivity contribution in [3.05, 3.63) is 82.7 Å². The number of esters is 1. The molecule has 3 aromatic rings. The second-order valence-corrected chi connectivity index (χ2v) is 18.3. The van der Waals surface area contributed by atoms with Gasteiger partial charge in [-0.15, -0.1) is 0 Å². The molecule has 5 bridgehead atoms. The smallest absolute Gasteiger partial charge is 0.312 e. The second kappa shape index (κ2) is 21.4. The number of aromatic hydroxyl groups is 3. The third-order valence-electron chi connectivity index (χ3n) is 13.5. The number of aliphatic hydroxyl groups is 2. The number of nitrogens with zero attached hydrogens (tertiary/aromatic N) is 3. The van der Waals surface area contributed by atoms with Crippen molar-refractivity contribution in [3.63, 3.8) is 0 Å². The van der Waals surface area contributed by atoms with Crippen molar-refractivity contribution in [2.45, 2.75) is 98.6 Å². The molecular weight excluding hydrogens is 877 g/mol. The molecule has 4 aliphatic rings. The number of phenols is 3. The van der Waals surface area contributed by atoms with E-state index in [0.29, 0.717) is 26.2 Å². The van der Waals surface area contributed by atoms with Crippen LogP contribution in [0, 0.1) is 30.6 Å². The number of phenolic OH excluding ortho intramolecular Hbond substituents is 3. The zero-order chi connectivity index (χ0) is 49.8. The Morgan fingerprint density at radius 1 is 0.941 bits per heavy atom. The maximum absolute atomic E-state index is 14.6. The Labute approximate surface area is 397 Å². The maximum atomic E-state index is 14.6. The SMILES string of the molecule is COc1cccc(CN2CCCN(/N=C/c3c4c(O)c5c(O)c(C)c6c(c5c3O)C(=O)C(C)(O/C=C/C(OC)C(C)C(OC(C)=O)C(C)C(O)C(C)C(O)C(C)/C=C/C=C(/C)C(=O)N4)O6)CC2)c1. The zero-order valence-corrected chi connectivity index (χ0v) is 40.5. The minimum absolute atomic E-state index is 0.0473. The summed E-state index contributed by atoms with van der Waals surface area (Å²) in [7, 11) is 3.07. The van der Waals surface area contributed by atoms with Gasteiger partial charge in [-0.25, -0.2) is 0 Å². The van der Waals surface area contributed by atoms with Gasteiger partial charge in [-0.2, -0.15) is 5.10 Å². The number of fused-ring (bicyclic) bond motifs is 14. The molecule has 0 aliphatic carbocycles. The summed E-state index contributed by atoms with van der Waals surface area (Å²) in [5.41, 5.74) is 0.689. The van der Waals surface area contributed by atoms with Crippen LogP contribution < -0.4 is 14.8 Å². The van der Waals surface area contributed by atoms with Gasteiger partial charge < -0.3 is 54.5 Å². The number of aliphatic hydroxyl groups excluding tert-OH is 2. The molecule has 17 heteroatoms. The number of allylic oxidation sites excluding steroid dienone is 2. The van der Waals surface area contributed by atoms with Crippen LogP contribution in [0.5, 0.6) is 28.7 Å². The van der Waals surface area contributed by atoms with Crippen LogP contribution in [0.3, 0.4) is 0 Å². The molecule has 0 aromatic heterocycles. The molecule has 368 valence electrons. The summed E-state index contributed by atoms with van der Waals surface area (Å²) in [6.07, 6.45) is 5.60. The van der Waals surface area contributed by atoms with Gasteiger partial charge in [0.25, 0.3) is 11.7 Å². The standard InChI is InChI=1S/C51H66N4O13/c1-27-14-11-15-28(2)50(63)53-41-36(25-52-55-20-13-19-54(21-22-55)26-34-16-12-17-35(24-34)64-9)45(60)38-39(46(41)61)44(59)32(6)48-40(38)49(62)51(8,68-48)66-23-18-37(65-10)29(3)47(67-33(7)56)31(5)43(58)30(4)42(27)57/h11-12,14-18,23-25,27,29-31,37,42-43,47,57-61H,13,19-22,26H2,1-10H3,(H,53,63)/b14-11+,23-18+,28-15-,52-25+. The lowest BCUT2D eigenvalue weighted by Gasteiger charge is -2.38. The predicted octanol–water partition coefficient (Wildman–Crippen LogP) is 6.30. The van der Waals surface area contributed by atoms with E-state index < -0.39 is 88.8 Å². The van der Waals surface area contributed by atoms with Crippen molar-refractivity contribution in [2.75, 3.05) is 45.7 Å². The number of carbonyl (C=O) groups excluding carboxylic acids is 3. The van der Waals surface area contributed by atoms with Crippen LogP contribution in [0.15, 0.2) is 65.5 Å². The van der Waals surface area contributed by atoms with E-state index in [-0.39, 0.29) is 44.5 Å². The molecule has 0 saturated carbocycles. The van der Waals surface area contributed by atoms with Crippen LogP contribution in [-0.4, -0.2) is 130 Å². The van der Waals surface area contributed by atoms with Gasteiger partial charge in [0, 0.05) is 93.9 Å². The van der Waals surface area contributed by atoms with E-state index in [1.807, 2.05) is 29.3 Å². The number of methoxy groups -OCH3 is 2. The molecular formula is C51H66N4O13. The van der Waals surface area contributed by atoms with Crippen LogP contribution in [0.4, 0.5) is 5.69 Å². The fourth-order valence-corrected chi connectivity index (χ4v) is 9.27. The molecule has 4 heterocycles. The number of nitrogens with one attached hydrogen (secondary N) is 1. The van der Waals surface area contributed by atoms with Crippen LogP contribution in [0.1, 0.15) is 81.9 Å². The van der Waals surface area contributed by atoms with E-state index in [0.717, 1.165) is 24.3 Å². The van der Waals surface area contributed by atoms with Crippen molar-refractivity contribution in [1.82, 2.24) is 9.91 Å². The van der Waals surface area contributed by atoms with Crippen molar-refractivity contribution < 1.29 is 63.6 Å². The van der Waals surface area contributed by atoms with Gasteiger partial charge in [0.1, 0.15) is 29.1 Å². The summed E-state index contributed by atoms with van der Waals surface area (Å²) in [6, 6.07) is 7.88. The monoisotopic (exact) mass is 942 g/mol. The Balaban J connectivity index is 1.45. The Kier molecular flexibility index (Phi) is 16.2. The number of ketones is 1. The summed E-state index contributed by atoms with van der Waals surface area (Å²) < 4.78 is 29.2.